The predicted octanol–water partition coefficient (Wildman–Crippen LogP) is 4.45. The number of nitrogens with one attached hydrogen (secondary N) is 1. The second-order valence-electron chi connectivity index (χ2n) is 5.53. The summed E-state index contributed by atoms with van der Waals surface area (Å²) in [5, 5.41) is 11.9. The maximum atomic E-state index is 12.4. The minimum Gasteiger partial charge on any atom is -0.478 e. The second-order valence-corrected chi connectivity index (χ2v) is 6.39. The van der Waals surface area contributed by atoms with Crippen LogP contribution in [0.3, 0.4) is 0 Å². The van der Waals surface area contributed by atoms with Crippen LogP contribution in [0.5, 0.6) is 0 Å². The first kappa shape index (κ1) is 16.0. The Labute approximate surface area is 133 Å². The Balaban J connectivity index is 2.07. The monoisotopic (exact) mass is 353 g/mol. The van der Waals surface area contributed by atoms with Gasteiger partial charge < -0.3 is 10.4 Å². The molecular formula is C16H20BrNO3. The van der Waals surface area contributed by atoms with Gasteiger partial charge in [-0.25, -0.2) is 4.79 Å². The third-order valence-electron chi connectivity index (χ3n) is 3.95. The molecule has 5 heteroatoms. The maximum Gasteiger partial charge on any atom is 0.335 e. The molecule has 114 valence electrons. The van der Waals surface area contributed by atoms with Crippen LogP contribution in [-0.2, 0) is 4.79 Å². The van der Waals surface area contributed by atoms with Gasteiger partial charge >= 0.3 is 5.97 Å². The molecular weight excluding hydrogens is 334 g/mol. The Morgan fingerprint density at radius 3 is 2.33 bits per heavy atom. The molecule has 4 nitrogen and oxygen atoms in total. The predicted molar refractivity (Wildman–Crippen MR) is 85.5 cm³/mol. The molecule has 2 rings (SSSR count). The highest BCUT2D eigenvalue weighted by molar-refractivity contribution is 9.10. The summed E-state index contributed by atoms with van der Waals surface area (Å²) in [5.41, 5.74) is 0.702. The summed E-state index contributed by atoms with van der Waals surface area (Å²) in [4.78, 5) is 23.4. The number of hydrogen-bond acceptors (Lipinski definition) is 2. The van der Waals surface area contributed by atoms with Crippen molar-refractivity contribution in [2.24, 2.45) is 5.92 Å². The van der Waals surface area contributed by atoms with Gasteiger partial charge in [-0.15, -0.1) is 0 Å². The number of amides is 1. The summed E-state index contributed by atoms with van der Waals surface area (Å²) < 4.78 is 0.701. The van der Waals surface area contributed by atoms with E-state index >= 15 is 0 Å². The third-order valence-corrected chi connectivity index (χ3v) is 4.64. The fourth-order valence-electron chi connectivity index (χ4n) is 2.71. The van der Waals surface area contributed by atoms with Crippen molar-refractivity contribution >= 4 is 33.5 Å². The number of carbonyl (C=O) groups is 2. The zero-order valence-electron chi connectivity index (χ0n) is 11.9. The topological polar surface area (TPSA) is 66.4 Å². The smallest absolute Gasteiger partial charge is 0.335 e. The van der Waals surface area contributed by atoms with Crippen molar-refractivity contribution in [2.75, 3.05) is 5.32 Å². The minimum atomic E-state index is -0.996. The summed E-state index contributed by atoms with van der Waals surface area (Å²) in [6, 6.07) is 4.66. The molecule has 0 heterocycles. The summed E-state index contributed by atoms with van der Waals surface area (Å²) in [5.74, 6) is -0.963. The van der Waals surface area contributed by atoms with E-state index in [-0.39, 0.29) is 17.4 Å². The molecule has 1 amide bonds. The minimum absolute atomic E-state index is 0.000128. The van der Waals surface area contributed by atoms with Crippen LogP contribution in [-0.4, -0.2) is 17.0 Å². The standard InChI is InChI=1S/C16H20BrNO3/c17-13-9-8-12(16(20)21)10-14(13)18-15(19)11-6-4-2-1-3-5-7-11/h8-11H,1-7H2,(H,18,19)(H,20,21). The van der Waals surface area contributed by atoms with Gasteiger partial charge in [0.15, 0.2) is 0 Å². The molecule has 0 bridgehead atoms. The Morgan fingerprint density at radius 2 is 1.71 bits per heavy atom. The van der Waals surface area contributed by atoms with E-state index in [9.17, 15) is 9.59 Å². The van der Waals surface area contributed by atoms with Crippen LogP contribution >= 0.6 is 15.9 Å². The average Bonchev–Trinajstić information content (AvgIpc) is 2.40. The molecule has 0 spiro atoms. The fourth-order valence-corrected chi connectivity index (χ4v) is 3.05. The number of carboxylic acid groups (broad SMARTS) is 1. The number of hydrogen-bond donors (Lipinski definition) is 2. The molecule has 0 aromatic heterocycles. The van der Waals surface area contributed by atoms with E-state index in [4.69, 9.17) is 5.11 Å². The largest absolute Gasteiger partial charge is 0.478 e. The number of aromatic carboxylic acids is 1. The highest BCUT2D eigenvalue weighted by Gasteiger charge is 2.20. The van der Waals surface area contributed by atoms with Gasteiger partial charge in [-0.3, -0.25) is 4.79 Å². The molecule has 1 saturated carbocycles. The Kier molecular flexibility index (Phi) is 5.79. The Bertz CT molecular complexity index is 522. The van der Waals surface area contributed by atoms with Crippen molar-refractivity contribution in [3.8, 4) is 0 Å². The lowest BCUT2D eigenvalue weighted by molar-refractivity contribution is -0.120. The van der Waals surface area contributed by atoms with Gasteiger partial charge in [-0.05, 0) is 47.0 Å². The first-order chi connectivity index (χ1) is 10.1. The molecule has 0 unspecified atom stereocenters. The van der Waals surface area contributed by atoms with E-state index in [1.165, 1.54) is 31.4 Å². The van der Waals surface area contributed by atoms with E-state index in [1.54, 1.807) is 6.07 Å². The van der Waals surface area contributed by atoms with Crippen molar-refractivity contribution in [2.45, 2.75) is 44.9 Å². The Hall–Kier alpha value is -1.36. The van der Waals surface area contributed by atoms with Crippen LogP contribution in [0.15, 0.2) is 22.7 Å². The van der Waals surface area contributed by atoms with Crippen LogP contribution < -0.4 is 5.32 Å². The number of benzene rings is 1. The van der Waals surface area contributed by atoms with Crippen LogP contribution in [0.1, 0.15) is 55.3 Å². The molecule has 21 heavy (non-hydrogen) atoms. The lowest BCUT2D eigenvalue weighted by atomic mass is 9.90. The van der Waals surface area contributed by atoms with Crippen molar-refractivity contribution < 1.29 is 14.7 Å². The third kappa shape index (κ3) is 4.56. The number of rotatable bonds is 3. The molecule has 0 atom stereocenters. The summed E-state index contributed by atoms with van der Waals surface area (Å²) in [7, 11) is 0. The van der Waals surface area contributed by atoms with E-state index in [0.29, 0.717) is 10.2 Å². The van der Waals surface area contributed by atoms with Crippen molar-refractivity contribution in [1.82, 2.24) is 0 Å². The normalized spacial score (nSPS) is 16.8. The zero-order chi connectivity index (χ0) is 15.2. The maximum absolute atomic E-state index is 12.4. The van der Waals surface area contributed by atoms with Crippen molar-refractivity contribution in [3.63, 3.8) is 0 Å². The lowest BCUT2D eigenvalue weighted by Crippen LogP contribution is -2.24. The van der Waals surface area contributed by atoms with Gasteiger partial charge in [0.25, 0.3) is 0 Å². The number of anilines is 1. The SMILES string of the molecule is O=C(O)c1ccc(Br)c(NC(=O)C2CCCCCCC2)c1. The quantitative estimate of drug-likeness (QED) is 0.843. The highest BCUT2D eigenvalue weighted by atomic mass is 79.9. The van der Waals surface area contributed by atoms with Gasteiger partial charge in [0, 0.05) is 10.4 Å². The van der Waals surface area contributed by atoms with Crippen molar-refractivity contribution in [1.29, 1.82) is 0 Å². The zero-order valence-corrected chi connectivity index (χ0v) is 13.5. The summed E-state index contributed by atoms with van der Waals surface area (Å²) in [6.07, 6.45) is 7.68. The molecule has 1 aromatic rings. The first-order valence-electron chi connectivity index (χ1n) is 7.41. The van der Waals surface area contributed by atoms with Gasteiger partial charge in [0.2, 0.25) is 5.91 Å². The van der Waals surface area contributed by atoms with Gasteiger partial charge in [0.1, 0.15) is 0 Å². The van der Waals surface area contributed by atoms with Crippen LogP contribution in [0, 0.1) is 5.92 Å². The molecule has 1 fully saturated rings. The fraction of sp³-hybridized carbons (Fsp3) is 0.500. The average molecular weight is 354 g/mol. The molecule has 1 aromatic carbocycles. The van der Waals surface area contributed by atoms with Gasteiger partial charge in [-0.1, -0.05) is 32.1 Å². The summed E-state index contributed by atoms with van der Waals surface area (Å²) in [6.45, 7) is 0. The second kappa shape index (κ2) is 7.59. The number of halogens is 1. The molecule has 2 N–H and O–H groups in total. The van der Waals surface area contributed by atoms with E-state index in [0.717, 1.165) is 25.7 Å². The molecule has 1 aliphatic carbocycles. The highest BCUT2D eigenvalue weighted by Crippen LogP contribution is 2.27. The number of carbonyl (C=O) groups excluding carboxylic acids is 1. The summed E-state index contributed by atoms with van der Waals surface area (Å²) >= 11 is 3.35. The first-order valence-corrected chi connectivity index (χ1v) is 8.21. The Morgan fingerprint density at radius 1 is 1.10 bits per heavy atom. The van der Waals surface area contributed by atoms with E-state index in [2.05, 4.69) is 21.2 Å². The van der Waals surface area contributed by atoms with E-state index < -0.39 is 5.97 Å². The van der Waals surface area contributed by atoms with Crippen LogP contribution in [0.25, 0.3) is 0 Å². The van der Waals surface area contributed by atoms with Crippen LogP contribution in [0.4, 0.5) is 5.69 Å². The lowest BCUT2D eigenvalue weighted by Gasteiger charge is -2.19. The molecule has 0 saturated heterocycles. The van der Waals surface area contributed by atoms with Gasteiger partial charge in [-0.2, -0.15) is 0 Å². The number of carboxylic acids is 1. The van der Waals surface area contributed by atoms with Crippen LogP contribution in [0.2, 0.25) is 0 Å². The van der Waals surface area contributed by atoms with E-state index in [1.807, 2.05) is 0 Å². The van der Waals surface area contributed by atoms with Gasteiger partial charge in [0.05, 0.1) is 11.3 Å². The molecule has 1 aliphatic rings. The molecule has 0 radical (unpaired) electrons. The van der Waals surface area contributed by atoms with Crippen molar-refractivity contribution in [3.05, 3.63) is 28.2 Å². The molecule has 0 aliphatic heterocycles.